The van der Waals surface area contributed by atoms with Crippen LogP contribution in [-0.4, -0.2) is 50.9 Å². The first kappa shape index (κ1) is 23.9. The lowest BCUT2D eigenvalue weighted by Crippen LogP contribution is -2.34. The molecule has 2 fully saturated rings. The number of nitrogens with zero attached hydrogens (tertiary/aromatic N) is 4. The third-order valence-electron chi connectivity index (χ3n) is 6.88. The Hall–Kier alpha value is -3.86. The van der Waals surface area contributed by atoms with E-state index in [1.54, 1.807) is 19.2 Å². The van der Waals surface area contributed by atoms with Crippen molar-refractivity contribution in [2.75, 3.05) is 23.3 Å². The SMILES string of the molecule is Cc1cc(C(C)Nc2ccc(Cl)nc2C(=O)O)c2nc(N3CC4C(C3)C4OC(N)=O)n(C)c(=O)c2c1. The van der Waals surface area contributed by atoms with Crippen LogP contribution in [0.5, 0.6) is 0 Å². The number of carboxylic acids is 1. The van der Waals surface area contributed by atoms with E-state index in [0.717, 1.165) is 11.1 Å². The molecule has 2 aliphatic rings. The van der Waals surface area contributed by atoms with Gasteiger partial charge in [0.2, 0.25) is 5.95 Å². The number of benzene rings is 1. The second-order valence-electron chi connectivity index (χ2n) is 9.36. The van der Waals surface area contributed by atoms with Gasteiger partial charge < -0.3 is 25.8 Å². The Balaban J connectivity index is 1.51. The van der Waals surface area contributed by atoms with E-state index < -0.39 is 18.1 Å². The fourth-order valence-corrected chi connectivity index (χ4v) is 5.27. The third kappa shape index (κ3) is 4.09. The van der Waals surface area contributed by atoms with Crippen molar-refractivity contribution in [1.82, 2.24) is 14.5 Å². The second-order valence-corrected chi connectivity index (χ2v) is 9.75. The van der Waals surface area contributed by atoms with E-state index >= 15 is 0 Å². The van der Waals surface area contributed by atoms with Gasteiger partial charge in [-0.3, -0.25) is 9.36 Å². The molecule has 3 aromatic rings. The number of carboxylic acid groups (broad SMARTS) is 1. The minimum atomic E-state index is -1.21. The maximum atomic E-state index is 13.4. The van der Waals surface area contributed by atoms with Crippen LogP contribution in [0.2, 0.25) is 5.15 Å². The summed E-state index contributed by atoms with van der Waals surface area (Å²) < 4.78 is 6.68. The number of ether oxygens (including phenoxy) is 1. The molecule has 0 radical (unpaired) electrons. The molecule has 0 bridgehead atoms. The van der Waals surface area contributed by atoms with Gasteiger partial charge in [-0.25, -0.2) is 19.6 Å². The van der Waals surface area contributed by atoms with Crippen molar-refractivity contribution in [2.45, 2.75) is 26.0 Å². The number of piperidine rings is 1. The normalized spacial score (nSPS) is 21.2. The van der Waals surface area contributed by atoms with E-state index in [1.807, 2.05) is 24.8 Å². The average molecular weight is 513 g/mol. The number of primary amides is 1. The lowest BCUT2D eigenvalue weighted by atomic mass is 10.0. The number of aromatic nitrogens is 3. The van der Waals surface area contributed by atoms with Gasteiger partial charge in [0, 0.05) is 37.5 Å². The molecule has 3 heterocycles. The van der Waals surface area contributed by atoms with Gasteiger partial charge in [-0.15, -0.1) is 0 Å². The van der Waals surface area contributed by atoms with E-state index in [4.69, 9.17) is 27.1 Å². The van der Waals surface area contributed by atoms with Gasteiger partial charge in [0.25, 0.3) is 5.56 Å². The topological polar surface area (TPSA) is 153 Å². The van der Waals surface area contributed by atoms with Gasteiger partial charge in [0.1, 0.15) is 11.3 Å². The number of carbonyl (C=O) groups is 2. The first-order valence-corrected chi connectivity index (χ1v) is 11.8. The molecule has 4 N–H and O–H groups in total. The molecule has 3 unspecified atom stereocenters. The summed E-state index contributed by atoms with van der Waals surface area (Å²) in [4.78, 5) is 47.0. The highest BCUT2D eigenvalue weighted by molar-refractivity contribution is 6.29. The summed E-state index contributed by atoms with van der Waals surface area (Å²) in [6, 6.07) is 6.40. The number of aromatic carboxylic acids is 1. The lowest BCUT2D eigenvalue weighted by molar-refractivity contribution is 0.0691. The Kier molecular flexibility index (Phi) is 5.74. The number of hydrogen-bond donors (Lipinski definition) is 3. The molecule has 12 heteroatoms. The molecule has 0 spiro atoms. The zero-order chi connectivity index (χ0) is 25.9. The van der Waals surface area contributed by atoms with Crippen molar-refractivity contribution in [3.05, 3.63) is 56.6 Å². The fourth-order valence-electron chi connectivity index (χ4n) is 5.12. The van der Waals surface area contributed by atoms with E-state index in [-0.39, 0.29) is 34.3 Å². The average Bonchev–Trinajstić information content (AvgIpc) is 3.23. The molecule has 1 saturated carbocycles. The smallest absolute Gasteiger partial charge is 0.404 e. The van der Waals surface area contributed by atoms with Crippen molar-refractivity contribution >= 4 is 46.2 Å². The van der Waals surface area contributed by atoms with Crippen molar-refractivity contribution in [3.8, 4) is 0 Å². The number of rotatable bonds is 6. The predicted octanol–water partition coefficient (Wildman–Crippen LogP) is 2.69. The molecule has 5 rings (SSSR count). The Morgan fingerprint density at radius 1 is 1.25 bits per heavy atom. The number of nitrogens with two attached hydrogens (primary N) is 1. The summed E-state index contributed by atoms with van der Waals surface area (Å²) in [5.41, 5.74) is 7.23. The van der Waals surface area contributed by atoms with E-state index in [2.05, 4.69) is 10.3 Å². The van der Waals surface area contributed by atoms with E-state index in [1.165, 1.54) is 10.6 Å². The van der Waals surface area contributed by atoms with Crippen molar-refractivity contribution in [2.24, 2.45) is 24.6 Å². The number of fused-ring (bicyclic) bond motifs is 2. The molecular weight excluding hydrogens is 488 g/mol. The molecule has 1 aliphatic carbocycles. The van der Waals surface area contributed by atoms with Crippen LogP contribution in [0.25, 0.3) is 10.9 Å². The summed E-state index contributed by atoms with van der Waals surface area (Å²) in [6.07, 6.45) is -0.962. The summed E-state index contributed by atoms with van der Waals surface area (Å²) in [5, 5.41) is 13.3. The molecule has 1 amide bonds. The number of halogens is 1. The van der Waals surface area contributed by atoms with Crippen LogP contribution in [0.15, 0.2) is 29.1 Å². The van der Waals surface area contributed by atoms with E-state index in [0.29, 0.717) is 35.6 Å². The third-order valence-corrected chi connectivity index (χ3v) is 7.09. The largest absolute Gasteiger partial charge is 0.476 e. The van der Waals surface area contributed by atoms with Gasteiger partial charge >= 0.3 is 12.1 Å². The minimum Gasteiger partial charge on any atom is -0.476 e. The molecular formula is C24H25ClN6O5. The Bertz CT molecular complexity index is 1460. The van der Waals surface area contributed by atoms with Crippen LogP contribution in [0, 0.1) is 18.8 Å². The van der Waals surface area contributed by atoms with Gasteiger partial charge in [0.05, 0.1) is 22.6 Å². The molecule has 1 aromatic carbocycles. The molecule has 188 valence electrons. The number of hydrogen-bond acceptors (Lipinski definition) is 8. The van der Waals surface area contributed by atoms with Crippen LogP contribution in [0.4, 0.5) is 16.4 Å². The van der Waals surface area contributed by atoms with Crippen LogP contribution in [0.3, 0.4) is 0 Å². The second kappa shape index (κ2) is 8.66. The molecule has 1 aliphatic heterocycles. The minimum absolute atomic E-state index is 0.0774. The molecule has 1 saturated heterocycles. The van der Waals surface area contributed by atoms with Crippen molar-refractivity contribution < 1.29 is 19.4 Å². The highest BCUT2D eigenvalue weighted by Crippen LogP contribution is 2.48. The van der Waals surface area contributed by atoms with Crippen LogP contribution in [0.1, 0.15) is 34.6 Å². The number of anilines is 2. The first-order valence-electron chi connectivity index (χ1n) is 11.4. The zero-order valence-corrected chi connectivity index (χ0v) is 20.6. The number of nitrogens with one attached hydrogen (secondary N) is 1. The number of carbonyl (C=O) groups excluding carboxylic acids is 1. The zero-order valence-electron chi connectivity index (χ0n) is 19.9. The Morgan fingerprint density at radius 3 is 2.58 bits per heavy atom. The molecule has 2 aromatic heterocycles. The quantitative estimate of drug-likeness (QED) is 0.423. The highest BCUT2D eigenvalue weighted by Gasteiger charge is 2.59. The molecule has 3 atom stereocenters. The van der Waals surface area contributed by atoms with Gasteiger partial charge in [-0.05, 0) is 37.6 Å². The molecule has 36 heavy (non-hydrogen) atoms. The molecule has 11 nitrogen and oxygen atoms in total. The Labute approximate surface area is 210 Å². The maximum absolute atomic E-state index is 13.4. The predicted molar refractivity (Wildman–Crippen MR) is 134 cm³/mol. The standard InChI is InChI=1S/C24H25ClN6O5/c1-10-6-12(11(2)27-16-4-5-17(25)28-19(16)22(33)34)18-13(7-10)21(32)30(3)24(29-18)31-8-14-15(9-31)20(14)36-23(26)35/h4-7,11,14-15,20,27H,8-9H2,1-3H3,(H2,26,35)(H,33,34). The fraction of sp³-hybridized carbons (Fsp3) is 0.375. The summed E-state index contributed by atoms with van der Waals surface area (Å²) in [7, 11) is 1.69. The van der Waals surface area contributed by atoms with Crippen molar-refractivity contribution in [1.29, 1.82) is 0 Å². The van der Waals surface area contributed by atoms with Gasteiger partial charge in [0.15, 0.2) is 5.69 Å². The summed E-state index contributed by atoms with van der Waals surface area (Å²) in [5.74, 6) is -0.360. The van der Waals surface area contributed by atoms with Crippen LogP contribution in [-0.2, 0) is 11.8 Å². The first-order chi connectivity index (χ1) is 17.0. The van der Waals surface area contributed by atoms with Crippen molar-refractivity contribution in [3.63, 3.8) is 0 Å². The number of amides is 1. The van der Waals surface area contributed by atoms with Crippen LogP contribution >= 0.6 is 11.6 Å². The monoisotopic (exact) mass is 512 g/mol. The van der Waals surface area contributed by atoms with Gasteiger partial charge in [-0.2, -0.15) is 0 Å². The lowest BCUT2D eigenvalue weighted by Gasteiger charge is -2.25. The maximum Gasteiger partial charge on any atom is 0.404 e. The van der Waals surface area contributed by atoms with Crippen LogP contribution < -0.4 is 21.5 Å². The summed E-state index contributed by atoms with van der Waals surface area (Å²) >= 11 is 5.89. The number of pyridine rings is 1. The Morgan fingerprint density at radius 2 is 1.94 bits per heavy atom. The van der Waals surface area contributed by atoms with E-state index in [9.17, 15) is 19.5 Å². The number of aryl methyl sites for hydroxylation is 1. The summed E-state index contributed by atoms with van der Waals surface area (Å²) in [6.45, 7) is 4.95. The van der Waals surface area contributed by atoms with Gasteiger partial charge in [-0.1, -0.05) is 17.7 Å². The highest BCUT2D eigenvalue weighted by atomic mass is 35.5.